The largest absolute Gasteiger partial charge is 0.345 e. The lowest BCUT2D eigenvalue weighted by atomic mass is 10.1. The zero-order valence-electron chi connectivity index (χ0n) is 15.1. The van der Waals surface area contributed by atoms with E-state index in [4.69, 9.17) is 21.1 Å². The van der Waals surface area contributed by atoms with Gasteiger partial charge in [-0.15, -0.1) is 5.10 Å². The molecule has 9 heteroatoms. The molecule has 3 heterocycles. The van der Waals surface area contributed by atoms with Crippen LogP contribution in [0.3, 0.4) is 0 Å². The molecule has 146 valence electrons. The van der Waals surface area contributed by atoms with Crippen LogP contribution in [0.25, 0.3) is 5.69 Å². The zero-order valence-corrected chi connectivity index (χ0v) is 15.8. The monoisotopic (exact) mass is 410 g/mol. The Bertz CT molecular complexity index is 1050. The summed E-state index contributed by atoms with van der Waals surface area (Å²) in [5.41, 5.74) is 2.12. The van der Waals surface area contributed by atoms with Gasteiger partial charge in [0, 0.05) is 5.02 Å². The summed E-state index contributed by atoms with van der Waals surface area (Å²) in [4.78, 5) is 26.4. The third-order valence-corrected chi connectivity index (χ3v) is 5.17. The first-order valence-corrected chi connectivity index (χ1v) is 9.38. The predicted octanol–water partition coefficient (Wildman–Crippen LogP) is 2.63. The molecule has 0 N–H and O–H groups in total. The Kier molecular flexibility index (Phi) is 4.39. The van der Waals surface area contributed by atoms with Gasteiger partial charge in [0.2, 0.25) is 6.29 Å². The number of imide groups is 1. The van der Waals surface area contributed by atoms with Crippen LogP contribution in [0, 0.1) is 0 Å². The number of carbonyl (C=O) groups is 2. The number of benzene rings is 2. The van der Waals surface area contributed by atoms with Gasteiger partial charge in [0.25, 0.3) is 11.8 Å². The number of amides is 2. The van der Waals surface area contributed by atoms with Gasteiger partial charge in [-0.1, -0.05) is 28.9 Å². The smallest absolute Gasteiger partial charge is 0.261 e. The van der Waals surface area contributed by atoms with Crippen molar-refractivity contribution in [3.63, 3.8) is 0 Å². The Hall–Kier alpha value is -3.07. The highest BCUT2D eigenvalue weighted by atomic mass is 35.5. The minimum atomic E-state index is -0.720. The molecule has 29 heavy (non-hydrogen) atoms. The normalized spacial score (nSPS) is 21.5. The van der Waals surface area contributed by atoms with Crippen molar-refractivity contribution in [3.8, 4) is 5.69 Å². The maximum atomic E-state index is 12.6. The van der Waals surface area contributed by atoms with Crippen molar-refractivity contribution in [2.45, 2.75) is 12.3 Å². The molecule has 0 saturated carbocycles. The number of hydrogen-bond donors (Lipinski definition) is 0. The van der Waals surface area contributed by atoms with Crippen molar-refractivity contribution in [1.82, 2.24) is 19.9 Å². The molecular formula is C20H15ClN4O4. The van der Waals surface area contributed by atoms with Crippen molar-refractivity contribution in [3.05, 3.63) is 76.6 Å². The Labute approximate surface area is 170 Å². The fraction of sp³-hybridized carbons (Fsp3) is 0.200. The summed E-state index contributed by atoms with van der Waals surface area (Å²) in [5, 5.41) is 8.82. The van der Waals surface area contributed by atoms with E-state index in [1.165, 1.54) is 4.90 Å². The van der Waals surface area contributed by atoms with Gasteiger partial charge in [0.15, 0.2) is 0 Å². The molecule has 8 nitrogen and oxygen atoms in total. The van der Waals surface area contributed by atoms with Gasteiger partial charge in [-0.2, -0.15) is 0 Å². The molecule has 2 aliphatic rings. The average molecular weight is 411 g/mol. The van der Waals surface area contributed by atoms with Crippen LogP contribution in [0.2, 0.25) is 5.02 Å². The number of hydrogen-bond acceptors (Lipinski definition) is 6. The summed E-state index contributed by atoms with van der Waals surface area (Å²) in [5.74, 6) is -0.648. The van der Waals surface area contributed by atoms with Crippen LogP contribution < -0.4 is 0 Å². The van der Waals surface area contributed by atoms with E-state index in [1.807, 2.05) is 12.1 Å². The van der Waals surface area contributed by atoms with Crippen molar-refractivity contribution >= 4 is 23.4 Å². The summed E-state index contributed by atoms with van der Waals surface area (Å²) >= 11 is 5.91. The first-order chi connectivity index (χ1) is 14.1. The van der Waals surface area contributed by atoms with Crippen molar-refractivity contribution in [2.24, 2.45) is 0 Å². The molecule has 1 saturated heterocycles. The molecule has 0 atom stereocenters. The standard InChI is InChI=1S/C20H15ClN4O4/c21-12-5-7-13(8-6-12)24-9-17(22-23-24)20-28-10-14(11-29-20)25-18(26)15-3-1-2-4-16(15)19(25)27/h1-9,14,20H,10-11H2. The van der Waals surface area contributed by atoms with Crippen LogP contribution in [-0.2, 0) is 9.47 Å². The zero-order chi connectivity index (χ0) is 20.0. The van der Waals surface area contributed by atoms with Crippen LogP contribution in [0.4, 0.5) is 0 Å². The Balaban J connectivity index is 1.28. The third kappa shape index (κ3) is 3.11. The van der Waals surface area contributed by atoms with E-state index in [1.54, 1.807) is 47.3 Å². The summed E-state index contributed by atoms with van der Waals surface area (Å²) in [6.07, 6.45) is 0.985. The van der Waals surface area contributed by atoms with Crippen LogP contribution in [0.15, 0.2) is 54.7 Å². The third-order valence-electron chi connectivity index (χ3n) is 4.91. The van der Waals surface area contributed by atoms with Crippen molar-refractivity contribution in [1.29, 1.82) is 0 Å². The molecule has 0 aliphatic carbocycles. The summed E-state index contributed by atoms with van der Waals surface area (Å²) < 4.78 is 13.1. The molecule has 0 bridgehead atoms. The lowest BCUT2D eigenvalue weighted by Crippen LogP contribution is -2.48. The second kappa shape index (κ2) is 7.07. The molecule has 2 aromatic carbocycles. The lowest BCUT2D eigenvalue weighted by Gasteiger charge is -2.32. The summed E-state index contributed by atoms with van der Waals surface area (Å²) in [6, 6.07) is 13.4. The van der Waals surface area contributed by atoms with Gasteiger partial charge in [-0.25, -0.2) is 4.68 Å². The molecule has 0 unspecified atom stereocenters. The van der Waals surface area contributed by atoms with Gasteiger partial charge < -0.3 is 9.47 Å². The van der Waals surface area contributed by atoms with Crippen LogP contribution in [0.5, 0.6) is 0 Å². The molecule has 0 spiro atoms. The highest BCUT2D eigenvalue weighted by Gasteiger charge is 2.42. The van der Waals surface area contributed by atoms with E-state index in [0.29, 0.717) is 21.8 Å². The van der Waals surface area contributed by atoms with Gasteiger partial charge >= 0.3 is 0 Å². The number of fused-ring (bicyclic) bond motifs is 1. The molecule has 3 aromatic rings. The topological polar surface area (TPSA) is 86.6 Å². The predicted molar refractivity (Wildman–Crippen MR) is 102 cm³/mol. The molecule has 1 fully saturated rings. The second-order valence-corrected chi connectivity index (χ2v) is 7.18. The fourth-order valence-electron chi connectivity index (χ4n) is 3.46. The number of halogens is 1. The summed E-state index contributed by atoms with van der Waals surface area (Å²) in [7, 11) is 0. The van der Waals surface area contributed by atoms with E-state index in [9.17, 15) is 9.59 Å². The van der Waals surface area contributed by atoms with E-state index < -0.39 is 12.3 Å². The second-order valence-electron chi connectivity index (χ2n) is 6.74. The fourth-order valence-corrected chi connectivity index (χ4v) is 3.58. The number of ether oxygens (including phenoxy) is 2. The Morgan fingerprint density at radius 3 is 2.17 bits per heavy atom. The quantitative estimate of drug-likeness (QED) is 0.617. The van der Waals surface area contributed by atoms with Crippen LogP contribution in [-0.4, -0.2) is 51.0 Å². The van der Waals surface area contributed by atoms with Gasteiger partial charge in [-0.3, -0.25) is 14.5 Å². The van der Waals surface area contributed by atoms with E-state index in [2.05, 4.69) is 10.3 Å². The van der Waals surface area contributed by atoms with E-state index in [-0.39, 0.29) is 25.0 Å². The Morgan fingerprint density at radius 1 is 0.931 bits per heavy atom. The molecule has 2 aliphatic heterocycles. The number of nitrogens with zero attached hydrogens (tertiary/aromatic N) is 4. The molecular weight excluding hydrogens is 396 g/mol. The van der Waals surface area contributed by atoms with Crippen LogP contribution >= 0.6 is 11.6 Å². The molecule has 2 amide bonds. The first-order valence-electron chi connectivity index (χ1n) is 9.00. The van der Waals surface area contributed by atoms with E-state index >= 15 is 0 Å². The van der Waals surface area contributed by atoms with Crippen molar-refractivity contribution < 1.29 is 19.1 Å². The van der Waals surface area contributed by atoms with Gasteiger partial charge in [-0.05, 0) is 36.4 Å². The van der Waals surface area contributed by atoms with E-state index in [0.717, 1.165) is 5.69 Å². The molecule has 5 rings (SSSR count). The SMILES string of the molecule is O=C1c2ccccc2C(=O)N1C1COC(c2cn(-c3ccc(Cl)cc3)nn2)OC1. The lowest BCUT2D eigenvalue weighted by molar-refractivity contribution is -0.203. The van der Waals surface area contributed by atoms with Gasteiger partial charge in [0.1, 0.15) is 5.69 Å². The summed E-state index contributed by atoms with van der Waals surface area (Å²) in [6.45, 7) is 0.313. The van der Waals surface area contributed by atoms with Crippen LogP contribution in [0.1, 0.15) is 32.7 Å². The maximum absolute atomic E-state index is 12.6. The highest BCUT2D eigenvalue weighted by Crippen LogP contribution is 2.29. The maximum Gasteiger partial charge on any atom is 0.261 e. The number of rotatable bonds is 3. The number of carbonyl (C=O) groups excluding carboxylic acids is 2. The highest BCUT2D eigenvalue weighted by molar-refractivity contribution is 6.30. The Morgan fingerprint density at radius 2 is 1.55 bits per heavy atom. The minimum absolute atomic E-state index is 0.157. The molecule has 1 aromatic heterocycles. The molecule has 0 radical (unpaired) electrons. The van der Waals surface area contributed by atoms with Gasteiger partial charge in [0.05, 0.1) is 42.3 Å². The average Bonchev–Trinajstić information content (AvgIpc) is 3.33. The minimum Gasteiger partial charge on any atom is -0.345 e. The number of aromatic nitrogens is 3. The van der Waals surface area contributed by atoms with Crippen molar-refractivity contribution in [2.75, 3.05) is 13.2 Å². The first kappa shape index (κ1) is 18.0.